The standard InChI is InChI=1S/C11H13NO4S/c1-8(17(12,15)16)10(13)7-11(14)9-5-3-2-4-6-9/h2-6,8H,7H2,1H3,(H2,12,15,16). The van der Waals surface area contributed by atoms with Gasteiger partial charge in [0.1, 0.15) is 5.25 Å². The lowest BCUT2D eigenvalue weighted by atomic mass is 10.1. The first-order valence-corrected chi connectivity index (χ1v) is 6.56. The van der Waals surface area contributed by atoms with Crippen LogP contribution in [-0.4, -0.2) is 25.2 Å². The van der Waals surface area contributed by atoms with Gasteiger partial charge in [-0.3, -0.25) is 9.59 Å². The third kappa shape index (κ3) is 3.76. The minimum atomic E-state index is -3.93. The van der Waals surface area contributed by atoms with Gasteiger partial charge in [-0.25, -0.2) is 13.6 Å². The highest BCUT2D eigenvalue weighted by Gasteiger charge is 2.26. The normalized spacial score (nSPS) is 13.1. The van der Waals surface area contributed by atoms with Crippen LogP contribution in [0.3, 0.4) is 0 Å². The lowest BCUT2D eigenvalue weighted by Gasteiger charge is -2.07. The highest BCUT2D eigenvalue weighted by Crippen LogP contribution is 2.07. The van der Waals surface area contributed by atoms with E-state index in [1.165, 1.54) is 6.92 Å². The van der Waals surface area contributed by atoms with Crippen LogP contribution in [0.4, 0.5) is 0 Å². The first-order valence-electron chi connectivity index (χ1n) is 4.95. The van der Waals surface area contributed by atoms with E-state index in [0.29, 0.717) is 5.56 Å². The molecule has 0 spiro atoms. The molecule has 0 aromatic heterocycles. The van der Waals surface area contributed by atoms with Gasteiger partial charge < -0.3 is 0 Å². The summed E-state index contributed by atoms with van der Waals surface area (Å²) >= 11 is 0. The van der Waals surface area contributed by atoms with Crippen LogP contribution in [-0.2, 0) is 14.8 Å². The first kappa shape index (κ1) is 13.5. The van der Waals surface area contributed by atoms with Crippen molar-refractivity contribution < 1.29 is 18.0 Å². The summed E-state index contributed by atoms with van der Waals surface area (Å²) in [4.78, 5) is 23.1. The zero-order valence-electron chi connectivity index (χ0n) is 9.29. The van der Waals surface area contributed by atoms with E-state index in [1.54, 1.807) is 30.3 Å². The number of hydrogen-bond acceptors (Lipinski definition) is 4. The number of benzene rings is 1. The largest absolute Gasteiger partial charge is 0.298 e. The first-order chi connectivity index (χ1) is 7.82. The fourth-order valence-electron chi connectivity index (χ4n) is 1.21. The number of sulfonamides is 1. The average Bonchev–Trinajstić information content (AvgIpc) is 2.27. The smallest absolute Gasteiger partial charge is 0.218 e. The Bertz CT molecular complexity index is 522. The number of Topliss-reactive ketones (excluding diaryl/α,β-unsaturated/α-hetero) is 2. The van der Waals surface area contributed by atoms with Crippen LogP contribution in [0.15, 0.2) is 30.3 Å². The number of nitrogens with two attached hydrogens (primary N) is 1. The van der Waals surface area contributed by atoms with Crippen molar-refractivity contribution in [3.63, 3.8) is 0 Å². The monoisotopic (exact) mass is 255 g/mol. The Morgan fingerprint density at radius 3 is 2.24 bits per heavy atom. The summed E-state index contributed by atoms with van der Waals surface area (Å²) in [5.74, 6) is -1.10. The summed E-state index contributed by atoms with van der Waals surface area (Å²) in [5, 5.41) is 3.48. The highest BCUT2D eigenvalue weighted by molar-refractivity contribution is 7.90. The molecule has 0 amide bonds. The Labute approximate surface area is 99.7 Å². The van der Waals surface area contributed by atoms with E-state index in [-0.39, 0.29) is 0 Å². The molecule has 2 N–H and O–H groups in total. The fourth-order valence-corrected chi connectivity index (χ4v) is 1.66. The van der Waals surface area contributed by atoms with E-state index in [4.69, 9.17) is 5.14 Å². The lowest BCUT2D eigenvalue weighted by Crippen LogP contribution is -2.34. The van der Waals surface area contributed by atoms with Crippen LogP contribution in [0.25, 0.3) is 0 Å². The molecule has 0 aliphatic rings. The molecule has 0 radical (unpaired) electrons. The maximum Gasteiger partial charge on any atom is 0.218 e. The Morgan fingerprint density at radius 2 is 1.76 bits per heavy atom. The van der Waals surface area contributed by atoms with E-state index in [9.17, 15) is 18.0 Å². The lowest BCUT2D eigenvalue weighted by molar-refractivity contribution is -0.117. The van der Waals surface area contributed by atoms with Crippen molar-refractivity contribution in [2.24, 2.45) is 5.14 Å². The molecular formula is C11H13NO4S. The number of rotatable bonds is 5. The SMILES string of the molecule is CC(C(=O)CC(=O)c1ccccc1)S(N)(=O)=O. The molecule has 0 heterocycles. The topological polar surface area (TPSA) is 94.3 Å². The molecule has 0 aliphatic heterocycles. The Kier molecular flexibility index (Phi) is 4.14. The van der Waals surface area contributed by atoms with Gasteiger partial charge in [-0.05, 0) is 6.92 Å². The van der Waals surface area contributed by atoms with Crippen LogP contribution < -0.4 is 5.14 Å². The molecule has 1 rings (SSSR count). The fraction of sp³-hybridized carbons (Fsp3) is 0.273. The maximum absolute atomic E-state index is 11.6. The maximum atomic E-state index is 11.6. The predicted molar refractivity (Wildman–Crippen MR) is 63.0 cm³/mol. The van der Waals surface area contributed by atoms with Crippen LogP contribution in [0.5, 0.6) is 0 Å². The second-order valence-corrected chi connectivity index (χ2v) is 5.55. The van der Waals surface area contributed by atoms with Gasteiger partial charge in [-0.15, -0.1) is 0 Å². The van der Waals surface area contributed by atoms with E-state index in [0.717, 1.165) is 0 Å². The van der Waals surface area contributed by atoms with Gasteiger partial charge in [-0.2, -0.15) is 0 Å². The van der Waals surface area contributed by atoms with Crippen molar-refractivity contribution >= 4 is 21.6 Å². The van der Waals surface area contributed by atoms with Crippen LogP contribution >= 0.6 is 0 Å². The summed E-state index contributed by atoms with van der Waals surface area (Å²) in [6.07, 6.45) is -0.457. The number of carbonyl (C=O) groups excluding carboxylic acids is 2. The van der Waals surface area contributed by atoms with Crippen LogP contribution in [0, 0.1) is 0 Å². The van der Waals surface area contributed by atoms with E-state index < -0.39 is 33.3 Å². The number of hydrogen-bond donors (Lipinski definition) is 1. The van der Waals surface area contributed by atoms with E-state index in [2.05, 4.69) is 0 Å². The summed E-state index contributed by atoms with van der Waals surface area (Å²) in [6, 6.07) is 8.21. The minimum Gasteiger partial charge on any atom is -0.298 e. The Balaban J connectivity index is 2.74. The number of carbonyl (C=O) groups is 2. The van der Waals surface area contributed by atoms with Gasteiger partial charge in [0.05, 0.1) is 6.42 Å². The van der Waals surface area contributed by atoms with Crippen molar-refractivity contribution in [1.82, 2.24) is 0 Å². The zero-order chi connectivity index (χ0) is 13.1. The van der Waals surface area contributed by atoms with Crippen molar-refractivity contribution in [2.75, 3.05) is 0 Å². The Morgan fingerprint density at radius 1 is 1.24 bits per heavy atom. The molecule has 0 bridgehead atoms. The molecule has 17 heavy (non-hydrogen) atoms. The quantitative estimate of drug-likeness (QED) is 0.612. The summed E-state index contributed by atoms with van der Waals surface area (Å²) < 4.78 is 21.9. The van der Waals surface area contributed by atoms with Gasteiger partial charge in [0.2, 0.25) is 10.0 Å². The third-order valence-electron chi connectivity index (χ3n) is 2.38. The van der Waals surface area contributed by atoms with E-state index in [1.807, 2.05) is 0 Å². The van der Waals surface area contributed by atoms with Gasteiger partial charge in [0.15, 0.2) is 11.6 Å². The van der Waals surface area contributed by atoms with Crippen molar-refractivity contribution in [3.8, 4) is 0 Å². The molecule has 0 saturated heterocycles. The van der Waals surface area contributed by atoms with Gasteiger partial charge in [0, 0.05) is 5.56 Å². The molecule has 1 atom stereocenters. The third-order valence-corrected chi connectivity index (χ3v) is 3.63. The Hall–Kier alpha value is -1.53. The van der Waals surface area contributed by atoms with Crippen molar-refractivity contribution in [1.29, 1.82) is 0 Å². The molecule has 1 aromatic carbocycles. The van der Waals surface area contributed by atoms with Gasteiger partial charge in [0.25, 0.3) is 0 Å². The van der Waals surface area contributed by atoms with Crippen molar-refractivity contribution in [3.05, 3.63) is 35.9 Å². The van der Waals surface area contributed by atoms with Gasteiger partial charge in [-0.1, -0.05) is 30.3 Å². The summed E-state index contributed by atoms with van der Waals surface area (Å²) in [6.45, 7) is 1.18. The molecule has 1 aromatic rings. The molecule has 6 heteroatoms. The summed E-state index contributed by atoms with van der Waals surface area (Å²) in [5.41, 5.74) is 0.377. The minimum absolute atomic E-state index is 0.377. The molecule has 0 aliphatic carbocycles. The van der Waals surface area contributed by atoms with Crippen LogP contribution in [0.1, 0.15) is 23.7 Å². The van der Waals surface area contributed by atoms with E-state index >= 15 is 0 Å². The zero-order valence-corrected chi connectivity index (χ0v) is 10.1. The van der Waals surface area contributed by atoms with Gasteiger partial charge >= 0.3 is 0 Å². The highest BCUT2D eigenvalue weighted by atomic mass is 32.2. The second kappa shape index (κ2) is 5.20. The molecule has 92 valence electrons. The average molecular weight is 255 g/mol. The number of primary sulfonamides is 1. The summed E-state index contributed by atoms with van der Waals surface area (Å²) in [7, 11) is -3.93. The molecular weight excluding hydrogens is 242 g/mol. The van der Waals surface area contributed by atoms with Crippen molar-refractivity contribution in [2.45, 2.75) is 18.6 Å². The molecule has 0 saturated carbocycles. The van der Waals surface area contributed by atoms with Crippen LogP contribution in [0.2, 0.25) is 0 Å². The second-order valence-electron chi connectivity index (χ2n) is 3.66. The molecule has 0 fully saturated rings. The molecule has 5 nitrogen and oxygen atoms in total. The number of ketones is 2. The molecule has 1 unspecified atom stereocenters. The predicted octanol–water partition coefficient (Wildman–Crippen LogP) is 0.506.